The van der Waals surface area contributed by atoms with Gasteiger partial charge in [0.15, 0.2) is 5.75 Å². The number of amides is 1. The maximum Gasteiger partial charge on any atom is 0.255 e. The Hall–Kier alpha value is -1.75. The Bertz CT molecular complexity index is 448. The summed E-state index contributed by atoms with van der Waals surface area (Å²) in [4.78, 5) is 12.0. The fourth-order valence-electron chi connectivity index (χ4n) is 2.44. The van der Waals surface area contributed by atoms with Gasteiger partial charge in [-0.2, -0.15) is 0 Å². The highest BCUT2D eigenvalue weighted by molar-refractivity contribution is 5.98. The second-order valence-electron chi connectivity index (χ2n) is 4.70. The van der Waals surface area contributed by atoms with Gasteiger partial charge in [0.25, 0.3) is 5.91 Å². The number of aromatic hydroxyl groups is 1. The first-order chi connectivity index (χ1) is 8.63. The van der Waals surface area contributed by atoms with Gasteiger partial charge in [-0.15, -0.1) is 0 Å². The third-order valence-corrected chi connectivity index (χ3v) is 3.52. The van der Waals surface area contributed by atoms with E-state index < -0.39 is 0 Å². The van der Waals surface area contributed by atoms with Crippen molar-refractivity contribution in [2.45, 2.75) is 25.3 Å². The summed E-state index contributed by atoms with van der Waals surface area (Å²) in [6.45, 7) is 0.0772. The number of anilines is 1. The van der Waals surface area contributed by atoms with E-state index >= 15 is 0 Å². The molecule has 0 saturated heterocycles. The molecule has 1 aliphatic carbocycles. The predicted molar refractivity (Wildman–Crippen MR) is 68.2 cm³/mol. The van der Waals surface area contributed by atoms with Crippen molar-refractivity contribution in [1.29, 1.82) is 0 Å². The first-order valence-corrected chi connectivity index (χ1v) is 6.12. The average molecular weight is 250 g/mol. The van der Waals surface area contributed by atoms with E-state index in [4.69, 9.17) is 5.73 Å². The molecule has 1 amide bonds. The average Bonchev–Trinajstić information content (AvgIpc) is 2.79. The number of hydrogen-bond acceptors (Lipinski definition) is 4. The summed E-state index contributed by atoms with van der Waals surface area (Å²) in [7, 11) is 0. The number of carbonyl (C=O) groups is 1. The molecular formula is C13H18N2O3. The van der Waals surface area contributed by atoms with Crippen LogP contribution in [0.2, 0.25) is 0 Å². The Labute approximate surface area is 106 Å². The maximum absolute atomic E-state index is 12.0. The Morgan fingerprint density at radius 2 is 2.22 bits per heavy atom. The molecule has 2 unspecified atom stereocenters. The lowest BCUT2D eigenvalue weighted by molar-refractivity contribution is 0.0913. The molecule has 0 aromatic heterocycles. The molecule has 18 heavy (non-hydrogen) atoms. The number of phenols is 1. The molecule has 0 heterocycles. The van der Waals surface area contributed by atoms with Crippen molar-refractivity contribution in [2.75, 3.05) is 12.3 Å². The summed E-state index contributed by atoms with van der Waals surface area (Å²) in [6.07, 6.45) is 2.78. The van der Waals surface area contributed by atoms with Gasteiger partial charge in [-0.3, -0.25) is 4.79 Å². The SMILES string of the molecule is Nc1cccc(C(=O)NC2CCCC2CO)c1O. The first-order valence-electron chi connectivity index (χ1n) is 6.12. The van der Waals surface area contributed by atoms with Crippen molar-refractivity contribution in [3.8, 4) is 5.75 Å². The highest BCUT2D eigenvalue weighted by atomic mass is 16.3. The van der Waals surface area contributed by atoms with Gasteiger partial charge in [0.05, 0.1) is 11.3 Å². The molecule has 2 rings (SSSR count). The molecular weight excluding hydrogens is 232 g/mol. The minimum Gasteiger partial charge on any atom is -0.505 e. The number of hydrogen-bond donors (Lipinski definition) is 4. The zero-order valence-electron chi connectivity index (χ0n) is 10.1. The number of benzene rings is 1. The van der Waals surface area contributed by atoms with Crippen molar-refractivity contribution < 1.29 is 15.0 Å². The van der Waals surface area contributed by atoms with Crippen molar-refractivity contribution in [3.05, 3.63) is 23.8 Å². The molecule has 1 aliphatic rings. The molecule has 1 aromatic rings. The summed E-state index contributed by atoms with van der Waals surface area (Å²) in [6, 6.07) is 4.67. The highest BCUT2D eigenvalue weighted by Crippen LogP contribution is 2.27. The summed E-state index contributed by atoms with van der Waals surface area (Å²) in [5, 5.41) is 21.8. The van der Waals surface area contributed by atoms with Gasteiger partial charge in [0.1, 0.15) is 0 Å². The molecule has 0 bridgehead atoms. The van der Waals surface area contributed by atoms with Crippen LogP contribution in [-0.2, 0) is 0 Å². The zero-order chi connectivity index (χ0) is 13.1. The minimum absolute atomic E-state index is 0.0247. The highest BCUT2D eigenvalue weighted by Gasteiger charge is 2.28. The monoisotopic (exact) mass is 250 g/mol. The Morgan fingerprint density at radius 1 is 1.44 bits per heavy atom. The van der Waals surface area contributed by atoms with Crippen LogP contribution in [0.4, 0.5) is 5.69 Å². The predicted octanol–water partition coefficient (Wildman–Crippen LogP) is 0.865. The molecule has 1 aromatic carbocycles. The normalized spacial score (nSPS) is 22.9. The Balaban J connectivity index is 2.10. The van der Waals surface area contributed by atoms with Gasteiger partial charge in [0.2, 0.25) is 0 Å². The standard InChI is InChI=1S/C13H18N2O3/c14-10-5-2-4-9(12(10)17)13(18)15-11-6-1-3-8(11)7-16/h2,4-5,8,11,16-17H,1,3,6-7,14H2,(H,15,18). The number of nitrogens with one attached hydrogen (secondary N) is 1. The van der Waals surface area contributed by atoms with Crippen LogP contribution >= 0.6 is 0 Å². The minimum atomic E-state index is -0.342. The molecule has 0 spiro atoms. The third kappa shape index (κ3) is 2.41. The van der Waals surface area contributed by atoms with E-state index in [9.17, 15) is 15.0 Å². The molecule has 1 fully saturated rings. The largest absolute Gasteiger partial charge is 0.505 e. The van der Waals surface area contributed by atoms with Crippen LogP contribution in [0.15, 0.2) is 18.2 Å². The van der Waals surface area contributed by atoms with Crippen LogP contribution < -0.4 is 11.1 Å². The van der Waals surface area contributed by atoms with Gasteiger partial charge in [-0.05, 0) is 25.0 Å². The number of para-hydroxylation sites is 1. The lowest BCUT2D eigenvalue weighted by Gasteiger charge is -2.19. The van der Waals surface area contributed by atoms with Crippen LogP contribution in [-0.4, -0.2) is 28.8 Å². The number of phenolic OH excluding ortho intramolecular Hbond substituents is 1. The zero-order valence-corrected chi connectivity index (χ0v) is 10.1. The van der Waals surface area contributed by atoms with Crippen LogP contribution in [0.3, 0.4) is 0 Å². The van der Waals surface area contributed by atoms with E-state index in [1.54, 1.807) is 6.07 Å². The van der Waals surface area contributed by atoms with Crippen molar-refractivity contribution in [2.24, 2.45) is 5.92 Å². The van der Waals surface area contributed by atoms with E-state index in [1.807, 2.05) is 0 Å². The van der Waals surface area contributed by atoms with Gasteiger partial charge < -0.3 is 21.3 Å². The molecule has 98 valence electrons. The number of carbonyl (C=O) groups excluding carboxylic acids is 1. The second-order valence-corrected chi connectivity index (χ2v) is 4.70. The van der Waals surface area contributed by atoms with Crippen LogP contribution in [0.5, 0.6) is 5.75 Å². The Morgan fingerprint density at radius 3 is 2.94 bits per heavy atom. The van der Waals surface area contributed by atoms with Gasteiger partial charge >= 0.3 is 0 Å². The third-order valence-electron chi connectivity index (χ3n) is 3.52. The number of aliphatic hydroxyl groups is 1. The van der Waals surface area contributed by atoms with Gasteiger partial charge in [-0.25, -0.2) is 0 Å². The molecule has 0 aliphatic heterocycles. The van der Waals surface area contributed by atoms with Crippen LogP contribution in [0, 0.1) is 5.92 Å². The quantitative estimate of drug-likeness (QED) is 0.472. The van der Waals surface area contributed by atoms with E-state index in [1.165, 1.54) is 12.1 Å². The lowest BCUT2D eigenvalue weighted by atomic mass is 10.0. The molecule has 1 saturated carbocycles. The van der Waals surface area contributed by atoms with E-state index in [0.29, 0.717) is 0 Å². The maximum atomic E-state index is 12.0. The smallest absolute Gasteiger partial charge is 0.255 e. The van der Waals surface area contributed by atoms with Crippen LogP contribution in [0.25, 0.3) is 0 Å². The summed E-state index contributed by atoms with van der Waals surface area (Å²) in [5.41, 5.74) is 5.92. The molecule has 2 atom stereocenters. The topological polar surface area (TPSA) is 95.6 Å². The Kier molecular flexibility index (Phi) is 3.72. The van der Waals surface area contributed by atoms with Crippen molar-refractivity contribution >= 4 is 11.6 Å². The van der Waals surface area contributed by atoms with Gasteiger partial charge in [-0.1, -0.05) is 12.5 Å². The second kappa shape index (κ2) is 5.27. The fourth-order valence-corrected chi connectivity index (χ4v) is 2.44. The number of nitrogen functional groups attached to an aromatic ring is 1. The first kappa shape index (κ1) is 12.7. The summed E-state index contributed by atoms with van der Waals surface area (Å²) in [5.74, 6) is -0.421. The van der Waals surface area contributed by atoms with E-state index in [0.717, 1.165) is 19.3 Å². The summed E-state index contributed by atoms with van der Waals surface area (Å²) < 4.78 is 0. The van der Waals surface area contributed by atoms with E-state index in [-0.39, 0.29) is 41.5 Å². The van der Waals surface area contributed by atoms with Crippen molar-refractivity contribution in [3.63, 3.8) is 0 Å². The molecule has 5 nitrogen and oxygen atoms in total. The number of nitrogens with two attached hydrogens (primary N) is 1. The molecule has 5 heteroatoms. The van der Waals surface area contributed by atoms with Gasteiger partial charge in [0, 0.05) is 18.6 Å². The number of aliphatic hydroxyl groups excluding tert-OH is 1. The van der Waals surface area contributed by atoms with E-state index in [2.05, 4.69) is 5.32 Å². The van der Waals surface area contributed by atoms with Crippen molar-refractivity contribution in [1.82, 2.24) is 5.32 Å². The summed E-state index contributed by atoms with van der Waals surface area (Å²) >= 11 is 0. The molecule has 0 radical (unpaired) electrons. The van der Waals surface area contributed by atoms with Crippen LogP contribution in [0.1, 0.15) is 29.6 Å². The molecule has 5 N–H and O–H groups in total. The number of rotatable bonds is 3. The fraction of sp³-hybridized carbons (Fsp3) is 0.462. The lowest BCUT2D eigenvalue weighted by Crippen LogP contribution is -2.38.